The Labute approximate surface area is 112 Å². The van der Waals surface area contributed by atoms with Gasteiger partial charge >= 0.3 is 7.12 Å². The molecule has 1 fully saturated rings. The fourth-order valence-electron chi connectivity index (χ4n) is 2.25. The van der Waals surface area contributed by atoms with E-state index in [-0.39, 0.29) is 29.9 Å². The van der Waals surface area contributed by atoms with Crippen molar-refractivity contribution in [2.24, 2.45) is 0 Å². The van der Waals surface area contributed by atoms with Gasteiger partial charge < -0.3 is 14.1 Å². The summed E-state index contributed by atoms with van der Waals surface area (Å²) >= 11 is 0. The molecule has 4 heteroatoms. The first-order chi connectivity index (χ1) is 8.19. The molecule has 0 aliphatic carbocycles. The van der Waals surface area contributed by atoms with E-state index in [9.17, 15) is 4.79 Å². The van der Waals surface area contributed by atoms with E-state index in [1.165, 1.54) is 0 Å². The van der Waals surface area contributed by atoms with Crippen molar-refractivity contribution >= 4 is 12.9 Å². The molecule has 0 aromatic heterocycles. The SMILES string of the molecule is CCCC[C@H](CC(C)=O)B1OC(C)(C)C(C)(C)O1. The summed E-state index contributed by atoms with van der Waals surface area (Å²) in [4.78, 5) is 11.4. The summed E-state index contributed by atoms with van der Waals surface area (Å²) < 4.78 is 12.1. The average Bonchev–Trinajstić information content (AvgIpc) is 2.42. The van der Waals surface area contributed by atoms with Crippen LogP contribution in [0.15, 0.2) is 0 Å². The van der Waals surface area contributed by atoms with Crippen LogP contribution >= 0.6 is 0 Å². The van der Waals surface area contributed by atoms with Gasteiger partial charge in [0.2, 0.25) is 0 Å². The van der Waals surface area contributed by atoms with Crippen molar-refractivity contribution in [1.29, 1.82) is 0 Å². The molecule has 1 atom stereocenters. The van der Waals surface area contributed by atoms with Crippen molar-refractivity contribution in [3.8, 4) is 0 Å². The molecule has 0 saturated carbocycles. The second-order valence-corrected chi connectivity index (χ2v) is 6.43. The molecular formula is C14H27BO3. The minimum Gasteiger partial charge on any atom is -0.403 e. The predicted octanol–water partition coefficient (Wildman–Crippen LogP) is 3.62. The Kier molecular flexibility index (Phi) is 5.01. The normalized spacial score (nSPS) is 23.1. The summed E-state index contributed by atoms with van der Waals surface area (Å²) in [6.45, 7) is 12.0. The minimum atomic E-state index is -0.307. The van der Waals surface area contributed by atoms with E-state index in [1.807, 2.05) is 0 Å². The standard InChI is InChI=1S/C14H27BO3/c1-7-8-9-12(10-11(2)16)15-17-13(3,4)14(5,6)18-15/h12H,7-10H2,1-6H3/t12-/m1/s1. The molecule has 0 radical (unpaired) electrons. The second kappa shape index (κ2) is 5.75. The molecule has 0 amide bonds. The Bertz CT molecular complexity index is 283. The molecule has 1 rings (SSSR count). The third-order valence-electron chi connectivity index (χ3n) is 4.13. The van der Waals surface area contributed by atoms with Crippen LogP contribution in [0, 0.1) is 0 Å². The highest BCUT2D eigenvalue weighted by molar-refractivity contribution is 6.47. The third-order valence-corrected chi connectivity index (χ3v) is 4.13. The Balaban J connectivity index is 2.72. The molecular weight excluding hydrogens is 227 g/mol. The zero-order chi connectivity index (χ0) is 14.0. The molecule has 1 heterocycles. The first-order valence-corrected chi connectivity index (χ1v) is 7.04. The van der Waals surface area contributed by atoms with Crippen molar-refractivity contribution in [3.63, 3.8) is 0 Å². The Morgan fingerprint density at radius 2 is 1.67 bits per heavy atom. The molecule has 0 spiro atoms. The topological polar surface area (TPSA) is 35.5 Å². The fraction of sp³-hybridized carbons (Fsp3) is 0.929. The number of rotatable bonds is 6. The lowest BCUT2D eigenvalue weighted by Crippen LogP contribution is -2.41. The summed E-state index contributed by atoms with van der Waals surface area (Å²) in [7, 11) is -0.245. The Morgan fingerprint density at radius 1 is 1.17 bits per heavy atom. The highest BCUT2D eigenvalue weighted by Gasteiger charge is 2.53. The summed E-state index contributed by atoms with van der Waals surface area (Å²) in [5.74, 6) is 0.398. The fourth-order valence-corrected chi connectivity index (χ4v) is 2.25. The van der Waals surface area contributed by atoms with Crippen molar-refractivity contribution in [2.75, 3.05) is 0 Å². The number of hydrogen-bond donors (Lipinski definition) is 0. The van der Waals surface area contributed by atoms with Gasteiger partial charge in [-0.15, -0.1) is 0 Å². The van der Waals surface area contributed by atoms with E-state index >= 15 is 0 Å². The van der Waals surface area contributed by atoms with Crippen molar-refractivity contribution < 1.29 is 14.1 Å². The van der Waals surface area contributed by atoms with Crippen LogP contribution in [-0.4, -0.2) is 24.1 Å². The van der Waals surface area contributed by atoms with E-state index in [2.05, 4.69) is 34.6 Å². The van der Waals surface area contributed by atoms with Gasteiger partial charge in [-0.1, -0.05) is 26.2 Å². The maximum Gasteiger partial charge on any atom is 0.461 e. The first-order valence-electron chi connectivity index (χ1n) is 7.04. The molecule has 1 aliphatic heterocycles. The highest BCUT2D eigenvalue weighted by Crippen LogP contribution is 2.42. The number of Topliss-reactive ketones (excluding diaryl/α,β-unsaturated/α-hetero) is 1. The second-order valence-electron chi connectivity index (χ2n) is 6.43. The van der Waals surface area contributed by atoms with Gasteiger partial charge in [0, 0.05) is 12.2 Å². The van der Waals surface area contributed by atoms with Gasteiger partial charge in [0.25, 0.3) is 0 Å². The zero-order valence-corrected chi connectivity index (χ0v) is 12.7. The van der Waals surface area contributed by atoms with Crippen molar-refractivity contribution in [2.45, 2.75) is 84.2 Å². The molecule has 0 unspecified atom stereocenters. The van der Waals surface area contributed by atoms with Gasteiger partial charge in [0.05, 0.1) is 11.2 Å². The molecule has 0 aromatic rings. The van der Waals surface area contributed by atoms with E-state index in [1.54, 1.807) is 6.92 Å². The molecule has 3 nitrogen and oxygen atoms in total. The summed E-state index contributed by atoms with van der Waals surface area (Å²) in [5.41, 5.74) is -0.613. The highest BCUT2D eigenvalue weighted by atomic mass is 16.7. The van der Waals surface area contributed by atoms with Crippen LogP contribution < -0.4 is 0 Å². The van der Waals surface area contributed by atoms with Crippen LogP contribution in [0.1, 0.15) is 67.2 Å². The molecule has 0 aromatic carbocycles. The maximum atomic E-state index is 11.4. The largest absolute Gasteiger partial charge is 0.461 e. The zero-order valence-electron chi connectivity index (χ0n) is 12.7. The van der Waals surface area contributed by atoms with Crippen LogP contribution in [0.3, 0.4) is 0 Å². The molecule has 0 bridgehead atoms. The van der Waals surface area contributed by atoms with Gasteiger partial charge in [-0.25, -0.2) is 0 Å². The van der Waals surface area contributed by atoms with E-state index < -0.39 is 0 Å². The summed E-state index contributed by atoms with van der Waals surface area (Å²) in [6, 6.07) is 0. The lowest BCUT2D eigenvalue weighted by atomic mass is 9.67. The number of ketones is 1. The number of carbonyl (C=O) groups is 1. The van der Waals surface area contributed by atoms with Gasteiger partial charge in [-0.3, -0.25) is 0 Å². The van der Waals surface area contributed by atoms with Gasteiger partial charge in [-0.05, 0) is 34.6 Å². The Morgan fingerprint density at radius 3 is 2.06 bits per heavy atom. The lowest BCUT2D eigenvalue weighted by Gasteiger charge is -2.32. The quantitative estimate of drug-likeness (QED) is 0.679. The molecule has 104 valence electrons. The molecule has 1 aliphatic rings. The van der Waals surface area contributed by atoms with E-state index in [4.69, 9.17) is 9.31 Å². The minimum absolute atomic E-state index is 0.184. The molecule has 0 N–H and O–H groups in total. The van der Waals surface area contributed by atoms with Crippen LogP contribution in [0.5, 0.6) is 0 Å². The number of carbonyl (C=O) groups excluding carboxylic acids is 1. The summed E-state index contributed by atoms with van der Waals surface area (Å²) in [5, 5.41) is 0. The van der Waals surface area contributed by atoms with Crippen molar-refractivity contribution in [3.05, 3.63) is 0 Å². The average molecular weight is 254 g/mol. The van der Waals surface area contributed by atoms with Crippen LogP contribution in [-0.2, 0) is 14.1 Å². The van der Waals surface area contributed by atoms with Crippen LogP contribution in [0.4, 0.5) is 0 Å². The first kappa shape index (κ1) is 15.7. The van der Waals surface area contributed by atoms with Crippen molar-refractivity contribution in [1.82, 2.24) is 0 Å². The van der Waals surface area contributed by atoms with Gasteiger partial charge in [-0.2, -0.15) is 0 Å². The molecule has 1 saturated heterocycles. The summed E-state index contributed by atoms with van der Waals surface area (Å²) in [6.07, 6.45) is 3.79. The maximum absolute atomic E-state index is 11.4. The lowest BCUT2D eigenvalue weighted by molar-refractivity contribution is -0.117. The number of unbranched alkanes of at least 4 members (excludes halogenated alkanes) is 1. The Hall–Kier alpha value is -0.345. The van der Waals surface area contributed by atoms with Crippen LogP contribution in [0.25, 0.3) is 0 Å². The monoisotopic (exact) mass is 254 g/mol. The van der Waals surface area contributed by atoms with Crippen LogP contribution in [0.2, 0.25) is 5.82 Å². The van der Waals surface area contributed by atoms with Gasteiger partial charge in [0.15, 0.2) is 0 Å². The predicted molar refractivity (Wildman–Crippen MR) is 74.7 cm³/mol. The van der Waals surface area contributed by atoms with E-state index in [0.717, 1.165) is 19.3 Å². The molecule has 18 heavy (non-hydrogen) atoms. The van der Waals surface area contributed by atoms with Gasteiger partial charge in [0.1, 0.15) is 5.78 Å². The number of hydrogen-bond acceptors (Lipinski definition) is 3. The smallest absolute Gasteiger partial charge is 0.403 e. The third kappa shape index (κ3) is 3.58. The van der Waals surface area contributed by atoms with E-state index in [0.29, 0.717) is 6.42 Å².